The van der Waals surface area contributed by atoms with Crippen LogP contribution < -0.4 is 0 Å². The molecule has 1 aromatic rings. The first-order valence-corrected chi connectivity index (χ1v) is 8.76. The zero-order valence-corrected chi connectivity index (χ0v) is 14.0. The number of carbonyl (C=O) groups excluding carboxylic acids is 1. The monoisotopic (exact) mass is 339 g/mol. The van der Waals surface area contributed by atoms with E-state index in [4.69, 9.17) is 9.84 Å². The summed E-state index contributed by atoms with van der Waals surface area (Å²) in [4.78, 5) is 31.2. The standard InChI is InChI=1S/C15H21N3O4S/c1-2-12-16-11(9-23-12)13(19)18-7-8-22-15(10-18)3-5-17(6-4-15)14(20)21/h9H,2-8,10H2,1H3,(H,20,21). The van der Waals surface area contributed by atoms with Crippen molar-refractivity contribution in [3.8, 4) is 0 Å². The molecule has 1 aromatic heterocycles. The highest BCUT2D eigenvalue weighted by molar-refractivity contribution is 7.09. The molecular formula is C15H21N3O4S. The molecule has 3 rings (SSSR count). The van der Waals surface area contributed by atoms with Gasteiger partial charge in [0, 0.05) is 25.0 Å². The predicted octanol–water partition coefficient (Wildman–Crippen LogP) is 1.69. The van der Waals surface area contributed by atoms with E-state index in [1.807, 2.05) is 12.3 Å². The maximum Gasteiger partial charge on any atom is 0.407 e. The summed E-state index contributed by atoms with van der Waals surface area (Å²) < 4.78 is 5.95. The van der Waals surface area contributed by atoms with Gasteiger partial charge in [-0.3, -0.25) is 4.79 Å². The number of ether oxygens (including phenoxy) is 1. The number of carboxylic acid groups (broad SMARTS) is 1. The number of carbonyl (C=O) groups is 2. The highest BCUT2D eigenvalue weighted by Crippen LogP contribution is 2.30. The third-order valence-corrected chi connectivity index (χ3v) is 5.55. The Labute approximate surface area is 138 Å². The number of likely N-dealkylation sites (tertiary alicyclic amines) is 1. The number of hydrogen-bond donors (Lipinski definition) is 1. The minimum atomic E-state index is -0.891. The van der Waals surface area contributed by atoms with Gasteiger partial charge in [-0.15, -0.1) is 11.3 Å². The van der Waals surface area contributed by atoms with Crippen LogP contribution in [-0.4, -0.2) is 70.3 Å². The molecule has 0 unspecified atom stereocenters. The Kier molecular flexibility index (Phi) is 4.54. The predicted molar refractivity (Wildman–Crippen MR) is 84.9 cm³/mol. The Morgan fingerprint density at radius 3 is 2.70 bits per heavy atom. The minimum Gasteiger partial charge on any atom is -0.465 e. The van der Waals surface area contributed by atoms with Gasteiger partial charge in [0.25, 0.3) is 5.91 Å². The largest absolute Gasteiger partial charge is 0.465 e. The first-order valence-electron chi connectivity index (χ1n) is 7.88. The normalized spacial score (nSPS) is 20.7. The lowest BCUT2D eigenvalue weighted by Crippen LogP contribution is -2.58. The van der Waals surface area contributed by atoms with Crippen molar-refractivity contribution < 1.29 is 19.4 Å². The summed E-state index contributed by atoms with van der Waals surface area (Å²) in [6.07, 6.45) is 1.19. The maximum absolute atomic E-state index is 12.6. The zero-order chi connectivity index (χ0) is 16.4. The van der Waals surface area contributed by atoms with Crippen molar-refractivity contribution in [2.75, 3.05) is 32.8 Å². The van der Waals surface area contributed by atoms with Gasteiger partial charge >= 0.3 is 6.09 Å². The second kappa shape index (κ2) is 6.45. The lowest BCUT2D eigenvalue weighted by Gasteiger charge is -2.46. The number of nitrogens with zero attached hydrogens (tertiary/aromatic N) is 3. The van der Waals surface area contributed by atoms with Crippen molar-refractivity contribution >= 4 is 23.3 Å². The topological polar surface area (TPSA) is 83.0 Å². The Balaban J connectivity index is 1.66. The molecule has 0 aromatic carbocycles. The Morgan fingerprint density at radius 2 is 2.09 bits per heavy atom. The summed E-state index contributed by atoms with van der Waals surface area (Å²) >= 11 is 1.51. The quantitative estimate of drug-likeness (QED) is 0.886. The van der Waals surface area contributed by atoms with Crippen LogP contribution in [0.3, 0.4) is 0 Å². The van der Waals surface area contributed by atoms with E-state index in [0.717, 1.165) is 11.4 Å². The van der Waals surface area contributed by atoms with Gasteiger partial charge in [-0.1, -0.05) is 6.92 Å². The molecule has 2 aliphatic heterocycles. The van der Waals surface area contributed by atoms with E-state index >= 15 is 0 Å². The summed E-state index contributed by atoms with van der Waals surface area (Å²) in [5, 5.41) is 11.8. The summed E-state index contributed by atoms with van der Waals surface area (Å²) in [6.45, 7) is 4.49. The Morgan fingerprint density at radius 1 is 1.35 bits per heavy atom. The van der Waals surface area contributed by atoms with Crippen molar-refractivity contribution in [2.24, 2.45) is 0 Å². The molecule has 23 heavy (non-hydrogen) atoms. The van der Waals surface area contributed by atoms with Gasteiger partial charge in [0.2, 0.25) is 0 Å². The van der Waals surface area contributed by atoms with Crippen molar-refractivity contribution in [3.05, 3.63) is 16.1 Å². The van der Waals surface area contributed by atoms with Crippen molar-refractivity contribution in [1.82, 2.24) is 14.8 Å². The van der Waals surface area contributed by atoms with E-state index in [0.29, 0.717) is 51.3 Å². The number of piperidine rings is 1. The second-order valence-corrected chi connectivity index (χ2v) is 6.95. The van der Waals surface area contributed by atoms with Crippen LogP contribution in [0.2, 0.25) is 0 Å². The molecule has 0 radical (unpaired) electrons. The molecule has 7 nitrogen and oxygen atoms in total. The average Bonchev–Trinajstić information content (AvgIpc) is 3.04. The van der Waals surface area contributed by atoms with Gasteiger partial charge in [-0.05, 0) is 19.3 Å². The zero-order valence-electron chi connectivity index (χ0n) is 13.2. The van der Waals surface area contributed by atoms with Crippen molar-refractivity contribution in [3.63, 3.8) is 0 Å². The maximum atomic E-state index is 12.6. The summed E-state index contributed by atoms with van der Waals surface area (Å²) in [7, 11) is 0. The summed E-state index contributed by atoms with van der Waals surface area (Å²) in [5.74, 6) is -0.0516. The highest BCUT2D eigenvalue weighted by atomic mass is 32.1. The van der Waals surface area contributed by atoms with Crippen LogP contribution >= 0.6 is 11.3 Å². The van der Waals surface area contributed by atoms with Crippen LogP contribution in [0.1, 0.15) is 35.3 Å². The summed E-state index contributed by atoms with van der Waals surface area (Å²) in [5.41, 5.74) is 0.0931. The number of morpholine rings is 1. The Hall–Kier alpha value is -1.67. The van der Waals surface area contributed by atoms with Crippen LogP contribution in [0.15, 0.2) is 5.38 Å². The first kappa shape index (κ1) is 16.2. The molecule has 2 saturated heterocycles. The molecule has 0 bridgehead atoms. The van der Waals surface area contributed by atoms with Gasteiger partial charge in [0.15, 0.2) is 0 Å². The third-order valence-electron chi connectivity index (χ3n) is 4.55. The molecule has 3 heterocycles. The van der Waals surface area contributed by atoms with Crippen LogP contribution in [0.25, 0.3) is 0 Å². The molecule has 1 N–H and O–H groups in total. The summed E-state index contributed by atoms with van der Waals surface area (Å²) in [6, 6.07) is 0. The van der Waals surface area contributed by atoms with E-state index in [2.05, 4.69) is 4.98 Å². The second-order valence-electron chi connectivity index (χ2n) is 6.01. The van der Waals surface area contributed by atoms with E-state index in [1.165, 1.54) is 16.2 Å². The van der Waals surface area contributed by atoms with Crippen LogP contribution in [-0.2, 0) is 11.2 Å². The number of thiazole rings is 1. The molecule has 0 aliphatic carbocycles. The van der Waals surface area contributed by atoms with Gasteiger partial charge in [0.05, 0.1) is 23.8 Å². The fraction of sp³-hybridized carbons (Fsp3) is 0.667. The van der Waals surface area contributed by atoms with E-state index in [-0.39, 0.29) is 5.91 Å². The number of rotatable bonds is 2. The van der Waals surface area contributed by atoms with Crippen LogP contribution in [0.4, 0.5) is 4.79 Å². The highest BCUT2D eigenvalue weighted by Gasteiger charge is 2.42. The molecule has 1 spiro atoms. The average molecular weight is 339 g/mol. The molecule has 126 valence electrons. The number of aryl methyl sites for hydroxylation is 1. The lowest BCUT2D eigenvalue weighted by atomic mass is 9.89. The Bertz CT molecular complexity index is 595. The van der Waals surface area contributed by atoms with Gasteiger partial charge in [0.1, 0.15) is 5.69 Å². The van der Waals surface area contributed by atoms with Gasteiger partial charge in [-0.25, -0.2) is 9.78 Å². The molecule has 2 amide bonds. The van der Waals surface area contributed by atoms with Crippen LogP contribution in [0, 0.1) is 0 Å². The van der Waals surface area contributed by atoms with E-state index < -0.39 is 11.7 Å². The van der Waals surface area contributed by atoms with Crippen molar-refractivity contribution in [1.29, 1.82) is 0 Å². The van der Waals surface area contributed by atoms with E-state index in [1.54, 1.807) is 4.90 Å². The van der Waals surface area contributed by atoms with Gasteiger partial charge < -0.3 is 19.6 Å². The molecular weight excluding hydrogens is 318 g/mol. The van der Waals surface area contributed by atoms with Crippen LogP contribution in [0.5, 0.6) is 0 Å². The van der Waals surface area contributed by atoms with Crippen molar-refractivity contribution in [2.45, 2.75) is 31.8 Å². The SMILES string of the molecule is CCc1nc(C(=O)N2CCOC3(CCN(C(=O)O)CC3)C2)cs1. The number of hydrogen-bond acceptors (Lipinski definition) is 5. The number of amides is 2. The molecule has 8 heteroatoms. The first-order chi connectivity index (χ1) is 11.0. The lowest BCUT2D eigenvalue weighted by molar-refractivity contribution is -0.124. The van der Waals surface area contributed by atoms with Gasteiger partial charge in [-0.2, -0.15) is 0 Å². The molecule has 2 aliphatic rings. The minimum absolute atomic E-state index is 0.0516. The fourth-order valence-electron chi connectivity index (χ4n) is 3.16. The number of aromatic nitrogens is 1. The molecule has 2 fully saturated rings. The smallest absolute Gasteiger partial charge is 0.407 e. The fourth-order valence-corrected chi connectivity index (χ4v) is 3.88. The molecule has 0 atom stereocenters. The van der Waals surface area contributed by atoms with E-state index in [9.17, 15) is 9.59 Å². The molecule has 0 saturated carbocycles. The third kappa shape index (κ3) is 3.32.